The van der Waals surface area contributed by atoms with E-state index in [-0.39, 0.29) is 11.6 Å². The molecule has 1 atom stereocenters. The normalized spacial score (nSPS) is 23.1. The van der Waals surface area contributed by atoms with Gasteiger partial charge in [-0.3, -0.25) is 0 Å². The van der Waals surface area contributed by atoms with Gasteiger partial charge in [0.2, 0.25) is 0 Å². The molecule has 14 heavy (non-hydrogen) atoms. The molecule has 0 spiro atoms. The van der Waals surface area contributed by atoms with Crippen LogP contribution in [0.1, 0.15) is 45.4 Å². The van der Waals surface area contributed by atoms with Crippen molar-refractivity contribution in [3.63, 3.8) is 0 Å². The van der Waals surface area contributed by atoms with Crippen LogP contribution < -0.4 is 5.73 Å². The number of ether oxygens (including phenoxy) is 1. The number of hydrogen-bond acceptors (Lipinski definition) is 2. The van der Waals surface area contributed by atoms with E-state index in [1.165, 1.54) is 19.3 Å². The summed E-state index contributed by atoms with van der Waals surface area (Å²) in [7, 11) is 1.80. The number of methoxy groups -OCH3 is 1. The molecule has 1 aliphatic rings. The lowest BCUT2D eigenvalue weighted by Crippen LogP contribution is -2.50. The molecule has 0 aromatic carbocycles. The molecule has 1 rings (SSSR count). The average Bonchev–Trinajstić information content (AvgIpc) is 2.18. The third-order valence-electron chi connectivity index (χ3n) is 3.35. The molecule has 1 fully saturated rings. The van der Waals surface area contributed by atoms with E-state index in [0.717, 1.165) is 24.8 Å². The standard InChI is InChI=1S/C12H23NO/c1-10(2)9-11(13)12(14-3)7-5-4-6-8-12/h11H,1,4-9,13H2,2-3H3. The Labute approximate surface area is 87.5 Å². The van der Waals surface area contributed by atoms with Crippen LogP contribution in [0.4, 0.5) is 0 Å². The Bertz CT molecular complexity index is 194. The lowest BCUT2D eigenvalue weighted by Gasteiger charge is -2.41. The number of nitrogens with two attached hydrogens (primary N) is 1. The molecule has 0 aromatic rings. The van der Waals surface area contributed by atoms with Crippen LogP contribution >= 0.6 is 0 Å². The van der Waals surface area contributed by atoms with Crippen LogP contribution in [0.3, 0.4) is 0 Å². The first-order chi connectivity index (χ1) is 6.60. The highest BCUT2D eigenvalue weighted by Gasteiger charge is 2.37. The van der Waals surface area contributed by atoms with Gasteiger partial charge in [0, 0.05) is 13.2 Å². The molecule has 0 saturated heterocycles. The van der Waals surface area contributed by atoms with Crippen molar-refractivity contribution in [2.24, 2.45) is 5.73 Å². The van der Waals surface area contributed by atoms with Gasteiger partial charge in [0.05, 0.1) is 5.60 Å². The molecule has 2 heteroatoms. The predicted molar refractivity (Wildman–Crippen MR) is 60.2 cm³/mol. The van der Waals surface area contributed by atoms with Crippen LogP contribution in [-0.2, 0) is 4.74 Å². The van der Waals surface area contributed by atoms with Crippen LogP contribution in [0.15, 0.2) is 12.2 Å². The second kappa shape index (κ2) is 4.94. The first-order valence-electron chi connectivity index (χ1n) is 5.56. The molecule has 2 N–H and O–H groups in total. The maximum Gasteiger partial charge on any atom is 0.0832 e. The Morgan fingerprint density at radius 2 is 2.00 bits per heavy atom. The minimum absolute atomic E-state index is 0.0722. The monoisotopic (exact) mass is 197 g/mol. The van der Waals surface area contributed by atoms with Gasteiger partial charge in [0.25, 0.3) is 0 Å². The van der Waals surface area contributed by atoms with Crippen molar-refractivity contribution < 1.29 is 4.74 Å². The topological polar surface area (TPSA) is 35.2 Å². The molecular weight excluding hydrogens is 174 g/mol. The SMILES string of the molecule is C=C(C)CC(N)C1(OC)CCCCC1. The lowest BCUT2D eigenvalue weighted by molar-refractivity contribution is -0.0582. The minimum atomic E-state index is -0.0722. The Hall–Kier alpha value is -0.340. The van der Waals surface area contributed by atoms with Crippen LogP contribution in [0.5, 0.6) is 0 Å². The molecule has 2 nitrogen and oxygen atoms in total. The van der Waals surface area contributed by atoms with Crippen molar-refractivity contribution in [3.8, 4) is 0 Å². The van der Waals surface area contributed by atoms with E-state index in [1.807, 2.05) is 6.92 Å². The lowest BCUT2D eigenvalue weighted by atomic mass is 9.77. The van der Waals surface area contributed by atoms with E-state index < -0.39 is 0 Å². The molecule has 0 radical (unpaired) electrons. The number of hydrogen-bond donors (Lipinski definition) is 1. The third kappa shape index (κ3) is 2.58. The zero-order valence-electron chi connectivity index (χ0n) is 9.51. The van der Waals surface area contributed by atoms with Gasteiger partial charge in [0.1, 0.15) is 0 Å². The van der Waals surface area contributed by atoms with Crippen molar-refractivity contribution in [1.82, 2.24) is 0 Å². The van der Waals surface area contributed by atoms with Gasteiger partial charge >= 0.3 is 0 Å². The summed E-state index contributed by atoms with van der Waals surface area (Å²) >= 11 is 0. The molecular formula is C12H23NO. The molecule has 1 aliphatic carbocycles. The van der Waals surface area contributed by atoms with Crippen molar-refractivity contribution >= 4 is 0 Å². The van der Waals surface area contributed by atoms with Gasteiger partial charge in [-0.05, 0) is 26.2 Å². The van der Waals surface area contributed by atoms with E-state index in [2.05, 4.69) is 6.58 Å². The van der Waals surface area contributed by atoms with E-state index in [1.54, 1.807) is 7.11 Å². The van der Waals surface area contributed by atoms with Gasteiger partial charge < -0.3 is 10.5 Å². The van der Waals surface area contributed by atoms with Gasteiger partial charge in [-0.15, -0.1) is 6.58 Å². The highest BCUT2D eigenvalue weighted by Crippen LogP contribution is 2.34. The van der Waals surface area contributed by atoms with Crippen LogP contribution in [0.25, 0.3) is 0 Å². The molecule has 0 bridgehead atoms. The van der Waals surface area contributed by atoms with Crippen molar-refractivity contribution in [1.29, 1.82) is 0 Å². The Morgan fingerprint density at radius 1 is 1.43 bits per heavy atom. The van der Waals surface area contributed by atoms with Crippen LogP contribution in [0, 0.1) is 0 Å². The van der Waals surface area contributed by atoms with Crippen molar-refractivity contribution in [2.45, 2.75) is 57.1 Å². The van der Waals surface area contributed by atoms with E-state index in [0.29, 0.717) is 0 Å². The highest BCUT2D eigenvalue weighted by molar-refractivity contribution is 5.01. The predicted octanol–water partition coefficient (Wildman–Crippen LogP) is 2.63. The molecule has 1 unspecified atom stereocenters. The number of rotatable bonds is 4. The summed E-state index contributed by atoms with van der Waals surface area (Å²) in [5.41, 5.74) is 7.29. The molecule has 1 saturated carbocycles. The van der Waals surface area contributed by atoms with Crippen LogP contribution in [-0.4, -0.2) is 18.8 Å². The Balaban J connectivity index is 2.61. The molecule has 0 amide bonds. The first-order valence-corrected chi connectivity index (χ1v) is 5.56. The zero-order valence-corrected chi connectivity index (χ0v) is 9.51. The summed E-state index contributed by atoms with van der Waals surface area (Å²) in [5, 5.41) is 0. The van der Waals surface area contributed by atoms with Crippen molar-refractivity contribution in [2.75, 3.05) is 7.11 Å². The molecule has 82 valence electrons. The second-order valence-corrected chi connectivity index (χ2v) is 4.60. The first kappa shape index (κ1) is 11.7. The van der Waals surface area contributed by atoms with E-state index in [9.17, 15) is 0 Å². The summed E-state index contributed by atoms with van der Waals surface area (Å²) in [6, 6.07) is 0.116. The van der Waals surface area contributed by atoms with Crippen molar-refractivity contribution in [3.05, 3.63) is 12.2 Å². The van der Waals surface area contributed by atoms with Crippen LogP contribution in [0.2, 0.25) is 0 Å². The Morgan fingerprint density at radius 3 is 2.43 bits per heavy atom. The van der Waals surface area contributed by atoms with Gasteiger partial charge in [-0.1, -0.05) is 24.8 Å². The van der Waals surface area contributed by atoms with Gasteiger partial charge in [-0.2, -0.15) is 0 Å². The van der Waals surface area contributed by atoms with Gasteiger partial charge in [0.15, 0.2) is 0 Å². The summed E-state index contributed by atoms with van der Waals surface area (Å²) < 4.78 is 5.68. The maximum absolute atomic E-state index is 6.21. The molecule has 0 aromatic heterocycles. The summed E-state index contributed by atoms with van der Waals surface area (Å²) in [5.74, 6) is 0. The van der Waals surface area contributed by atoms with Gasteiger partial charge in [-0.25, -0.2) is 0 Å². The largest absolute Gasteiger partial charge is 0.377 e. The average molecular weight is 197 g/mol. The fraction of sp³-hybridized carbons (Fsp3) is 0.833. The Kier molecular flexibility index (Phi) is 4.14. The third-order valence-corrected chi connectivity index (χ3v) is 3.35. The van der Waals surface area contributed by atoms with E-state index >= 15 is 0 Å². The fourth-order valence-corrected chi connectivity index (χ4v) is 2.44. The zero-order chi connectivity index (χ0) is 10.6. The summed E-state index contributed by atoms with van der Waals surface area (Å²) in [4.78, 5) is 0. The molecule has 0 aliphatic heterocycles. The fourth-order valence-electron chi connectivity index (χ4n) is 2.44. The maximum atomic E-state index is 6.21. The quantitative estimate of drug-likeness (QED) is 0.703. The van der Waals surface area contributed by atoms with E-state index in [4.69, 9.17) is 10.5 Å². The second-order valence-electron chi connectivity index (χ2n) is 4.60. The molecule has 0 heterocycles. The minimum Gasteiger partial charge on any atom is -0.377 e. The summed E-state index contributed by atoms with van der Waals surface area (Å²) in [6.07, 6.45) is 6.92. The summed E-state index contributed by atoms with van der Waals surface area (Å²) in [6.45, 7) is 5.95. The smallest absolute Gasteiger partial charge is 0.0832 e. The highest BCUT2D eigenvalue weighted by atomic mass is 16.5.